The quantitative estimate of drug-likeness (QED) is 0.320. The number of benzene rings is 2. The number of carbonyl (C=O) groups is 1. The molecule has 1 saturated heterocycles. The molecule has 2 aliphatic heterocycles. The molecule has 1 unspecified atom stereocenters. The van der Waals surface area contributed by atoms with Gasteiger partial charge >= 0.3 is 6.18 Å². The van der Waals surface area contributed by atoms with Crippen LogP contribution in [0.2, 0.25) is 0 Å². The van der Waals surface area contributed by atoms with Gasteiger partial charge in [-0.1, -0.05) is 11.3 Å². The van der Waals surface area contributed by atoms with E-state index in [-0.39, 0.29) is 24.9 Å². The van der Waals surface area contributed by atoms with Gasteiger partial charge in [-0.3, -0.25) is 9.48 Å². The van der Waals surface area contributed by atoms with Gasteiger partial charge in [0.25, 0.3) is 0 Å². The molecule has 0 spiro atoms. The molecule has 0 radical (unpaired) electrons. The Morgan fingerprint density at radius 2 is 1.90 bits per heavy atom. The van der Waals surface area contributed by atoms with Crippen LogP contribution in [0.25, 0.3) is 10.2 Å². The first-order valence-corrected chi connectivity index (χ1v) is 14.7. The lowest BCUT2D eigenvalue weighted by atomic mass is 9.91. The molecular formula is C30H30F3N7OS. The molecule has 8 nitrogen and oxygen atoms in total. The highest BCUT2D eigenvalue weighted by molar-refractivity contribution is 7.22. The maximum absolute atomic E-state index is 14.1. The van der Waals surface area contributed by atoms with Gasteiger partial charge in [0.1, 0.15) is 6.54 Å². The minimum Gasteiger partial charge on any atom is -0.367 e. The van der Waals surface area contributed by atoms with Gasteiger partial charge in [-0.25, -0.2) is 4.98 Å². The van der Waals surface area contributed by atoms with E-state index in [0.717, 1.165) is 32.4 Å². The molecule has 2 aliphatic rings. The number of fused-ring (bicyclic) bond motifs is 2. The van der Waals surface area contributed by atoms with Crippen molar-refractivity contribution in [2.24, 2.45) is 0 Å². The Balaban J connectivity index is 1.27. The van der Waals surface area contributed by atoms with E-state index in [1.54, 1.807) is 28.9 Å². The molecule has 12 heteroatoms. The number of amides is 1. The Kier molecular flexibility index (Phi) is 7.09. The van der Waals surface area contributed by atoms with Crippen LogP contribution in [0.3, 0.4) is 0 Å². The lowest BCUT2D eigenvalue weighted by molar-refractivity contribution is -0.138. The van der Waals surface area contributed by atoms with Crippen molar-refractivity contribution in [3.05, 3.63) is 70.0 Å². The summed E-state index contributed by atoms with van der Waals surface area (Å²) in [6, 6.07) is 12.0. The molecule has 0 N–H and O–H groups in total. The van der Waals surface area contributed by atoms with Gasteiger partial charge in [0.2, 0.25) is 5.91 Å². The lowest BCUT2D eigenvalue weighted by Gasteiger charge is -2.43. The number of aromatic nitrogens is 3. The molecule has 2 aromatic heterocycles. The zero-order valence-electron chi connectivity index (χ0n) is 23.6. The third-order valence-corrected chi connectivity index (χ3v) is 9.23. The van der Waals surface area contributed by atoms with Gasteiger partial charge in [0.15, 0.2) is 5.13 Å². The molecule has 4 heterocycles. The fourth-order valence-electron chi connectivity index (χ4n) is 6.10. The van der Waals surface area contributed by atoms with Gasteiger partial charge in [-0.15, -0.1) is 0 Å². The number of rotatable bonds is 4. The van der Waals surface area contributed by atoms with Crippen LogP contribution in [0.4, 0.5) is 24.0 Å². The number of nitrogens with zero attached hydrogens (tertiary/aromatic N) is 7. The molecule has 1 amide bonds. The van der Waals surface area contributed by atoms with Crippen LogP contribution in [0, 0.1) is 25.2 Å². The maximum atomic E-state index is 14.1. The van der Waals surface area contributed by atoms with Crippen LogP contribution >= 0.6 is 11.3 Å². The van der Waals surface area contributed by atoms with Gasteiger partial charge in [-0.2, -0.15) is 23.5 Å². The van der Waals surface area contributed by atoms with Crippen molar-refractivity contribution < 1.29 is 18.0 Å². The van der Waals surface area contributed by atoms with E-state index in [2.05, 4.69) is 16.1 Å². The van der Waals surface area contributed by atoms with Crippen molar-refractivity contribution in [2.45, 2.75) is 52.5 Å². The number of alkyl halides is 3. The zero-order chi connectivity index (χ0) is 29.8. The highest BCUT2D eigenvalue weighted by atomic mass is 32.1. The third kappa shape index (κ3) is 5.17. The van der Waals surface area contributed by atoms with Crippen molar-refractivity contribution in [1.82, 2.24) is 19.7 Å². The third-order valence-electron chi connectivity index (χ3n) is 8.15. The zero-order valence-corrected chi connectivity index (χ0v) is 24.4. The molecule has 218 valence electrons. The van der Waals surface area contributed by atoms with Crippen LogP contribution in [-0.4, -0.2) is 57.8 Å². The number of anilines is 2. The van der Waals surface area contributed by atoms with E-state index >= 15 is 0 Å². The molecule has 4 aromatic rings. The molecule has 2 aromatic carbocycles. The minimum atomic E-state index is -4.45. The summed E-state index contributed by atoms with van der Waals surface area (Å²) >= 11 is 1.44. The summed E-state index contributed by atoms with van der Waals surface area (Å²) in [5.74, 6) is -0.0237. The van der Waals surface area contributed by atoms with Gasteiger partial charge in [0, 0.05) is 50.1 Å². The largest absolute Gasteiger partial charge is 0.416 e. The van der Waals surface area contributed by atoms with Crippen LogP contribution < -0.4 is 9.80 Å². The number of carbonyl (C=O) groups excluding carboxylic acids is 1. The SMILES string of the molecule is Cc1cc(C)n(CC(=O)N2CCN(c3ccc(C(F)(F)F)c4c3CN(c3nc5ccc(C#N)cc5s3)CC4)CC2C)n1. The van der Waals surface area contributed by atoms with E-state index < -0.39 is 11.7 Å². The number of nitriles is 1. The topological polar surface area (TPSA) is 81.3 Å². The van der Waals surface area contributed by atoms with E-state index in [9.17, 15) is 23.2 Å². The first-order chi connectivity index (χ1) is 20.0. The highest BCUT2D eigenvalue weighted by Crippen LogP contribution is 2.42. The molecule has 6 rings (SSSR count). The van der Waals surface area contributed by atoms with Crippen LogP contribution in [0.1, 0.15) is 40.6 Å². The Labute approximate surface area is 245 Å². The molecule has 1 atom stereocenters. The smallest absolute Gasteiger partial charge is 0.367 e. The summed E-state index contributed by atoms with van der Waals surface area (Å²) in [5.41, 5.74) is 4.26. The Bertz CT molecular complexity index is 1720. The lowest BCUT2D eigenvalue weighted by Crippen LogP contribution is -2.55. The summed E-state index contributed by atoms with van der Waals surface area (Å²) < 4.78 is 44.8. The van der Waals surface area contributed by atoms with Crippen molar-refractivity contribution in [1.29, 1.82) is 5.26 Å². The molecule has 0 bridgehead atoms. The maximum Gasteiger partial charge on any atom is 0.416 e. The number of piperazine rings is 1. The Hall–Kier alpha value is -4.11. The van der Waals surface area contributed by atoms with Crippen molar-refractivity contribution in [3.8, 4) is 6.07 Å². The van der Waals surface area contributed by atoms with Gasteiger partial charge in [-0.05, 0) is 74.7 Å². The number of halogens is 3. The number of thiazole rings is 1. The second kappa shape index (κ2) is 10.6. The van der Waals surface area contributed by atoms with Crippen molar-refractivity contribution >= 4 is 38.3 Å². The van der Waals surface area contributed by atoms with Crippen LogP contribution in [0.15, 0.2) is 36.4 Å². The van der Waals surface area contributed by atoms with E-state index in [0.29, 0.717) is 49.4 Å². The summed E-state index contributed by atoms with van der Waals surface area (Å²) in [6.07, 6.45) is -4.20. The van der Waals surface area contributed by atoms with E-state index in [1.807, 2.05) is 36.6 Å². The number of hydrogen-bond acceptors (Lipinski definition) is 7. The van der Waals surface area contributed by atoms with Crippen molar-refractivity contribution in [2.75, 3.05) is 36.0 Å². The summed E-state index contributed by atoms with van der Waals surface area (Å²) in [7, 11) is 0. The average Bonchev–Trinajstić information content (AvgIpc) is 3.52. The summed E-state index contributed by atoms with van der Waals surface area (Å²) in [5, 5.41) is 14.4. The predicted octanol–water partition coefficient (Wildman–Crippen LogP) is 5.30. The number of hydrogen-bond donors (Lipinski definition) is 0. The summed E-state index contributed by atoms with van der Waals surface area (Å²) in [4.78, 5) is 23.9. The van der Waals surface area contributed by atoms with Gasteiger partial charge in [0.05, 0.1) is 33.1 Å². The minimum absolute atomic E-state index is 0.0237. The average molecular weight is 594 g/mol. The monoisotopic (exact) mass is 593 g/mol. The fourth-order valence-corrected chi connectivity index (χ4v) is 7.13. The second-order valence-corrected chi connectivity index (χ2v) is 12.0. The first kappa shape index (κ1) is 28.0. The van der Waals surface area contributed by atoms with E-state index in [4.69, 9.17) is 4.98 Å². The molecule has 0 aliphatic carbocycles. The summed E-state index contributed by atoms with van der Waals surface area (Å²) in [6.45, 7) is 8.16. The highest BCUT2D eigenvalue weighted by Gasteiger charge is 2.38. The normalized spacial score (nSPS) is 17.5. The Morgan fingerprint density at radius 1 is 1.10 bits per heavy atom. The Morgan fingerprint density at radius 3 is 2.60 bits per heavy atom. The van der Waals surface area contributed by atoms with Crippen LogP contribution in [-0.2, 0) is 30.5 Å². The standard InChI is InChI=1S/C30H30F3N7OS/c1-18-12-19(2)40(36-18)17-28(41)39-11-10-37(15-20(39)3)26-7-5-24(30(31,32)33)22-8-9-38(16-23(22)26)29-35-25-6-4-21(14-34)13-27(25)42-29/h4-7,12-13,20H,8-11,15-17H2,1-3H3. The van der Waals surface area contributed by atoms with Gasteiger partial charge < -0.3 is 14.7 Å². The molecular weight excluding hydrogens is 563 g/mol. The first-order valence-electron chi connectivity index (χ1n) is 13.8. The fraction of sp³-hybridized carbons (Fsp3) is 0.400. The molecule has 0 saturated carbocycles. The van der Waals surface area contributed by atoms with Crippen molar-refractivity contribution in [3.63, 3.8) is 0 Å². The predicted molar refractivity (Wildman–Crippen MR) is 156 cm³/mol. The van der Waals surface area contributed by atoms with E-state index in [1.165, 1.54) is 17.4 Å². The number of aryl methyl sites for hydroxylation is 2. The molecule has 1 fully saturated rings. The van der Waals surface area contributed by atoms with Crippen LogP contribution in [0.5, 0.6) is 0 Å². The second-order valence-electron chi connectivity index (χ2n) is 11.0. The molecule has 42 heavy (non-hydrogen) atoms.